The molecule has 1 unspecified atom stereocenters. The van der Waals surface area contributed by atoms with Crippen LogP contribution in [0.15, 0.2) is 18.2 Å². The minimum atomic E-state index is -1.96. The van der Waals surface area contributed by atoms with Gasteiger partial charge in [-0.1, -0.05) is 13.0 Å². The van der Waals surface area contributed by atoms with Gasteiger partial charge in [-0.15, -0.1) is 0 Å². The number of ether oxygens (including phenoxy) is 3. The van der Waals surface area contributed by atoms with Gasteiger partial charge >= 0.3 is 13.4 Å². The third kappa shape index (κ3) is 9.26. The number of benzene rings is 1. The molecule has 1 fully saturated rings. The number of carboxylic acids is 1. The number of aliphatic hydroxyl groups excluding tert-OH is 3. The Morgan fingerprint density at radius 1 is 1.13 bits per heavy atom. The number of amides is 3. The first-order chi connectivity index (χ1) is 18.3. The SMILES string of the molecule is [B]C(=O)OCc1ccc(O[C@@H]2O[C@H](C(=O)O)[C@@H](O)[C@H](O)[C@H]2O)c(NC(=O)[B]NC(=O)C(N)[B]NC(=O)CC)c1. The van der Waals surface area contributed by atoms with E-state index in [1.54, 1.807) is 6.92 Å². The summed E-state index contributed by atoms with van der Waals surface area (Å²) in [6.07, 6.45) is -9.38. The maximum absolute atomic E-state index is 12.5. The van der Waals surface area contributed by atoms with Crippen LogP contribution in [0.25, 0.3) is 0 Å². The fourth-order valence-electron chi connectivity index (χ4n) is 3.06. The molecule has 3 amide bonds. The molecule has 19 heteroatoms. The summed E-state index contributed by atoms with van der Waals surface area (Å²) in [4.78, 5) is 58.1. The summed E-state index contributed by atoms with van der Waals surface area (Å²) in [5.41, 5.74) is 5.77. The van der Waals surface area contributed by atoms with Crippen molar-refractivity contribution in [2.24, 2.45) is 5.73 Å². The Balaban J connectivity index is 2.16. The van der Waals surface area contributed by atoms with Crippen LogP contribution in [0.2, 0.25) is 0 Å². The molecule has 16 nitrogen and oxygen atoms in total. The predicted molar refractivity (Wildman–Crippen MR) is 132 cm³/mol. The Bertz CT molecular complexity index is 1080. The molecule has 1 aromatic rings. The average molecular weight is 546 g/mol. The van der Waals surface area contributed by atoms with Crippen molar-refractivity contribution in [2.75, 3.05) is 5.32 Å². The van der Waals surface area contributed by atoms with Gasteiger partial charge in [-0.3, -0.25) is 19.2 Å². The van der Waals surface area contributed by atoms with Gasteiger partial charge in [0.25, 0.3) is 7.41 Å². The lowest BCUT2D eigenvalue weighted by Gasteiger charge is -2.38. The van der Waals surface area contributed by atoms with Crippen LogP contribution < -0.4 is 26.2 Å². The number of carboxylic acid groups (broad SMARTS) is 1. The van der Waals surface area contributed by atoms with Gasteiger partial charge in [0.15, 0.2) is 11.9 Å². The van der Waals surface area contributed by atoms with Gasteiger partial charge in [-0.2, -0.15) is 0 Å². The van der Waals surface area contributed by atoms with Gasteiger partial charge < -0.3 is 56.1 Å². The van der Waals surface area contributed by atoms with Gasteiger partial charge in [0.1, 0.15) is 30.7 Å². The van der Waals surface area contributed by atoms with Gasteiger partial charge in [-0.05, 0) is 17.7 Å². The summed E-state index contributed by atoms with van der Waals surface area (Å²) in [5, 5.41) is 46.1. The lowest BCUT2D eigenvalue weighted by atomic mass is 9.80. The number of rotatable bonds is 12. The van der Waals surface area contributed by atoms with Gasteiger partial charge in [0, 0.05) is 6.42 Å². The predicted octanol–water partition coefficient (Wildman–Crippen LogP) is -3.54. The molecule has 1 heterocycles. The third-order valence-corrected chi connectivity index (χ3v) is 5.13. The summed E-state index contributed by atoms with van der Waals surface area (Å²) < 4.78 is 15.3. The van der Waals surface area contributed by atoms with E-state index in [0.29, 0.717) is 13.0 Å². The minimum Gasteiger partial charge on any atom is -0.479 e. The van der Waals surface area contributed by atoms with Crippen molar-refractivity contribution in [1.29, 1.82) is 0 Å². The van der Waals surface area contributed by atoms with E-state index in [1.165, 1.54) is 18.2 Å². The fraction of sp³-hybridized carbons (Fsp3) is 0.450. The summed E-state index contributed by atoms with van der Waals surface area (Å²) >= 11 is 0. The second-order valence-electron chi connectivity index (χ2n) is 8.05. The number of hydrogen-bond donors (Lipinski definition) is 8. The molecule has 0 bridgehead atoms. The molecular formula is C20H25B3N4O12. The van der Waals surface area contributed by atoms with Crippen LogP contribution in [0.1, 0.15) is 18.9 Å². The van der Waals surface area contributed by atoms with Crippen LogP contribution in [0.4, 0.5) is 15.3 Å². The van der Waals surface area contributed by atoms with E-state index in [9.17, 15) is 44.4 Å². The number of anilines is 1. The third-order valence-electron chi connectivity index (χ3n) is 5.13. The largest absolute Gasteiger partial charge is 0.479 e. The van der Waals surface area contributed by atoms with E-state index in [1.807, 2.05) is 0 Å². The lowest BCUT2D eigenvalue weighted by Crippen LogP contribution is -2.61. The van der Waals surface area contributed by atoms with Crippen molar-refractivity contribution in [3.05, 3.63) is 23.8 Å². The molecule has 0 aromatic heterocycles. The first kappa shape index (κ1) is 31.6. The number of aliphatic carboxylic acids is 1. The topological polar surface area (TPSA) is 256 Å². The highest BCUT2D eigenvalue weighted by Crippen LogP contribution is 2.31. The van der Waals surface area contributed by atoms with Crippen LogP contribution in [0, 0.1) is 0 Å². The van der Waals surface area contributed by atoms with E-state index >= 15 is 0 Å². The van der Waals surface area contributed by atoms with Crippen molar-refractivity contribution in [3.63, 3.8) is 0 Å². The number of nitrogens with one attached hydrogen (secondary N) is 3. The van der Waals surface area contributed by atoms with Crippen molar-refractivity contribution >= 4 is 57.8 Å². The van der Waals surface area contributed by atoms with Crippen molar-refractivity contribution < 1.29 is 58.6 Å². The molecule has 1 aromatic carbocycles. The highest BCUT2D eigenvalue weighted by Gasteiger charge is 2.48. The number of carbonyl (C=O) groups excluding carboxylic acids is 4. The second kappa shape index (κ2) is 14.5. The number of aliphatic hydroxyl groups is 3. The zero-order valence-corrected chi connectivity index (χ0v) is 20.5. The van der Waals surface area contributed by atoms with E-state index in [4.69, 9.17) is 27.8 Å². The molecule has 0 spiro atoms. The Hall–Kier alpha value is -3.64. The minimum absolute atomic E-state index is 0.134. The zero-order chi connectivity index (χ0) is 29.3. The molecule has 39 heavy (non-hydrogen) atoms. The Kier molecular flexibility index (Phi) is 11.7. The quantitative estimate of drug-likeness (QED) is 0.118. The summed E-state index contributed by atoms with van der Waals surface area (Å²) in [6, 6.07) is 3.87. The van der Waals surface area contributed by atoms with Gasteiger partial charge in [0.05, 0.1) is 11.6 Å². The molecule has 9 N–H and O–H groups in total. The molecule has 6 atom stereocenters. The summed E-state index contributed by atoms with van der Waals surface area (Å²) in [7, 11) is 6.70. The molecule has 1 aliphatic heterocycles. The van der Waals surface area contributed by atoms with E-state index in [0.717, 1.165) is 7.41 Å². The highest BCUT2D eigenvalue weighted by atomic mass is 16.7. The van der Waals surface area contributed by atoms with Gasteiger partial charge in [0.2, 0.25) is 31.8 Å². The first-order valence-electron chi connectivity index (χ1n) is 11.3. The molecule has 4 radical (unpaired) electrons. The first-order valence-corrected chi connectivity index (χ1v) is 11.3. The van der Waals surface area contributed by atoms with Gasteiger partial charge in [-0.25, -0.2) is 4.79 Å². The van der Waals surface area contributed by atoms with E-state index in [2.05, 4.69) is 15.8 Å². The van der Waals surface area contributed by atoms with E-state index < -0.39 is 60.2 Å². The monoisotopic (exact) mass is 546 g/mol. The van der Waals surface area contributed by atoms with Crippen molar-refractivity contribution in [2.45, 2.75) is 56.6 Å². The zero-order valence-electron chi connectivity index (χ0n) is 20.5. The molecule has 206 valence electrons. The average Bonchev–Trinajstić information content (AvgIpc) is 2.89. The van der Waals surface area contributed by atoms with Crippen LogP contribution >= 0.6 is 0 Å². The van der Waals surface area contributed by atoms with Crippen molar-refractivity contribution in [3.8, 4) is 5.75 Å². The van der Waals surface area contributed by atoms with Crippen LogP contribution in [-0.2, 0) is 30.5 Å². The Morgan fingerprint density at radius 3 is 2.44 bits per heavy atom. The second-order valence-corrected chi connectivity index (χ2v) is 8.05. The molecule has 0 aliphatic carbocycles. The molecular weight excluding hydrogens is 521 g/mol. The number of nitrogens with two attached hydrogens (primary N) is 1. The maximum Gasteiger partial charge on any atom is 0.364 e. The molecule has 1 aliphatic rings. The smallest absolute Gasteiger partial charge is 0.364 e. The number of carbonyl (C=O) groups is 5. The fourth-order valence-corrected chi connectivity index (χ4v) is 3.06. The standard InChI is InChI=1S/C20H25B3N4O12/c1-2-10(28)26-22-15(24)16(32)27-23-20(36)25-8-5-7(6-37-19(21)35)3-4-9(8)38-18-13(31)11(29)12(30)14(39-18)17(33)34/h3-5,11-15,18,29-31H,2,6,24H2,1H3,(H,25,36)(H,26,28)(H,27,32)(H,33,34)/t11-,12-,13+,14-,15?,18+/m0/s1. The maximum atomic E-state index is 12.5. The molecule has 1 saturated heterocycles. The Labute approximate surface area is 224 Å². The summed E-state index contributed by atoms with van der Waals surface area (Å²) in [6.45, 7) is 1.28. The highest BCUT2D eigenvalue weighted by molar-refractivity contribution is 6.75. The summed E-state index contributed by atoms with van der Waals surface area (Å²) in [5.74, 6) is -6.35. The van der Waals surface area contributed by atoms with Crippen LogP contribution in [-0.4, -0.2) is 109 Å². The lowest BCUT2D eigenvalue weighted by molar-refractivity contribution is -0.271. The van der Waals surface area contributed by atoms with E-state index in [-0.39, 0.29) is 30.4 Å². The Morgan fingerprint density at radius 2 is 1.82 bits per heavy atom. The number of hydrogen-bond acceptors (Lipinski definition) is 12. The van der Waals surface area contributed by atoms with Crippen LogP contribution in [0.3, 0.4) is 0 Å². The normalized spacial score (nSPS) is 22.9. The van der Waals surface area contributed by atoms with Crippen molar-refractivity contribution in [1.82, 2.24) is 10.5 Å². The molecule has 2 rings (SSSR count). The van der Waals surface area contributed by atoms with Crippen LogP contribution in [0.5, 0.6) is 5.75 Å². The molecule has 0 saturated carbocycles.